The van der Waals surface area contributed by atoms with E-state index >= 15 is 0 Å². The molecule has 1 aliphatic rings. The molecule has 0 saturated carbocycles. The number of rotatable bonds is 5. The number of nitro groups is 1. The number of non-ortho nitro benzene ring substituents is 1. The van der Waals surface area contributed by atoms with Gasteiger partial charge in [-0.2, -0.15) is 5.10 Å². The van der Waals surface area contributed by atoms with Crippen LogP contribution in [0, 0.1) is 10.1 Å². The van der Waals surface area contributed by atoms with Crippen LogP contribution >= 0.6 is 0 Å². The zero-order valence-electron chi connectivity index (χ0n) is 16.7. The van der Waals surface area contributed by atoms with Gasteiger partial charge in [0.15, 0.2) is 0 Å². The molecule has 154 valence electrons. The van der Waals surface area contributed by atoms with Crippen molar-refractivity contribution < 1.29 is 14.5 Å². The van der Waals surface area contributed by atoms with E-state index in [1.54, 1.807) is 30.0 Å². The van der Waals surface area contributed by atoms with E-state index in [0.29, 0.717) is 17.1 Å². The number of ether oxygens (including phenoxy) is 1. The van der Waals surface area contributed by atoms with Crippen LogP contribution in [0.25, 0.3) is 16.9 Å². The summed E-state index contributed by atoms with van der Waals surface area (Å²) < 4.78 is 6.78. The van der Waals surface area contributed by atoms with Gasteiger partial charge in [-0.15, -0.1) is 0 Å². The highest BCUT2D eigenvalue weighted by Crippen LogP contribution is 2.26. The van der Waals surface area contributed by atoms with E-state index in [0.717, 1.165) is 43.7 Å². The number of piperidine rings is 1. The Kier molecular flexibility index (Phi) is 5.47. The summed E-state index contributed by atoms with van der Waals surface area (Å²) in [5.41, 5.74) is 2.53. The highest BCUT2D eigenvalue weighted by Gasteiger charge is 2.24. The highest BCUT2D eigenvalue weighted by molar-refractivity contribution is 5.94. The Bertz CT molecular complexity index is 1050. The minimum atomic E-state index is -0.449. The Balaban J connectivity index is 1.76. The van der Waals surface area contributed by atoms with E-state index < -0.39 is 4.92 Å². The van der Waals surface area contributed by atoms with Gasteiger partial charge in [0.2, 0.25) is 0 Å². The fourth-order valence-corrected chi connectivity index (χ4v) is 3.61. The number of nitro benzene ring substituents is 1. The fourth-order valence-electron chi connectivity index (χ4n) is 3.61. The van der Waals surface area contributed by atoms with Crippen molar-refractivity contribution in [2.75, 3.05) is 20.2 Å². The molecule has 1 aromatic heterocycles. The zero-order valence-corrected chi connectivity index (χ0v) is 16.7. The Morgan fingerprint density at radius 3 is 2.30 bits per heavy atom. The second kappa shape index (κ2) is 8.36. The molecule has 30 heavy (non-hydrogen) atoms. The first kappa shape index (κ1) is 19.6. The van der Waals surface area contributed by atoms with Gasteiger partial charge in [-0.25, -0.2) is 4.68 Å². The van der Waals surface area contributed by atoms with Crippen LogP contribution in [0.1, 0.15) is 29.8 Å². The zero-order chi connectivity index (χ0) is 21.1. The van der Waals surface area contributed by atoms with Crippen LogP contribution < -0.4 is 4.74 Å². The van der Waals surface area contributed by atoms with Crippen molar-refractivity contribution >= 4 is 11.6 Å². The number of carbonyl (C=O) groups excluding carboxylic acids is 1. The van der Waals surface area contributed by atoms with Crippen molar-refractivity contribution in [3.05, 3.63) is 70.4 Å². The van der Waals surface area contributed by atoms with Gasteiger partial charge in [-0.05, 0) is 61.7 Å². The lowest BCUT2D eigenvalue weighted by atomic mass is 10.1. The number of likely N-dealkylation sites (tertiary alicyclic amines) is 1. The topological polar surface area (TPSA) is 90.5 Å². The number of benzene rings is 2. The molecule has 0 atom stereocenters. The lowest BCUT2D eigenvalue weighted by Gasteiger charge is -2.26. The monoisotopic (exact) mass is 406 g/mol. The third-order valence-electron chi connectivity index (χ3n) is 5.26. The number of nitrogens with zero attached hydrogens (tertiary/aromatic N) is 4. The second-order valence-electron chi connectivity index (χ2n) is 7.18. The molecule has 2 aromatic carbocycles. The van der Waals surface area contributed by atoms with Crippen LogP contribution in [0.5, 0.6) is 5.75 Å². The van der Waals surface area contributed by atoms with Crippen molar-refractivity contribution in [1.29, 1.82) is 0 Å². The van der Waals surface area contributed by atoms with Gasteiger partial charge >= 0.3 is 0 Å². The first-order chi connectivity index (χ1) is 14.6. The second-order valence-corrected chi connectivity index (χ2v) is 7.18. The van der Waals surface area contributed by atoms with Crippen molar-refractivity contribution in [3.8, 4) is 22.7 Å². The lowest BCUT2D eigenvalue weighted by Crippen LogP contribution is -2.36. The molecule has 1 saturated heterocycles. The maximum absolute atomic E-state index is 13.3. The molecule has 1 aliphatic heterocycles. The van der Waals surface area contributed by atoms with Crippen molar-refractivity contribution in [3.63, 3.8) is 0 Å². The summed E-state index contributed by atoms with van der Waals surface area (Å²) in [7, 11) is 1.60. The summed E-state index contributed by atoms with van der Waals surface area (Å²) in [4.78, 5) is 25.6. The van der Waals surface area contributed by atoms with Gasteiger partial charge in [0.1, 0.15) is 11.4 Å². The summed E-state index contributed by atoms with van der Waals surface area (Å²) in [6, 6.07) is 15.3. The molecule has 0 radical (unpaired) electrons. The molecule has 8 heteroatoms. The summed E-state index contributed by atoms with van der Waals surface area (Å²) >= 11 is 0. The summed E-state index contributed by atoms with van der Waals surface area (Å²) in [6.45, 7) is 1.45. The Labute approximate surface area is 173 Å². The maximum atomic E-state index is 13.3. The third kappa shape index (κ3) is 3.89. The molecule has 0 aliphatic carbocycles. The molecule has 1 amide bonds. The normalized spacial score (nSPS) is 13.8. The molecule has 4 rings (SSSR count). The number of carbonyl (C=O) groups is 1. The van der Waals surface area contributed by atoms with Gasteiger partial charge in [-0.1, -0.05) is 0 Å². The summed E-state index contributed by atoms with van der Waals surface area (Å²) in [6.07, 6.45) is 3.11. The molecule has 1 fully saturated rings. The molecule has 3 aromatic rings. The average molecular weight is 406 g/mol. The molecule has 0 unspecified atom stereocenters. The Morgan fingerprint density at radius 2 is 1.70 bits per heavy atom. The first-order valence-electron chi connectivity index (χ1n) is 9.85. The number of hydrogen-bond donors (Lipinski definition) is 0. The van der Waals surface area contributed by atoms with Crippen LogP contribution in [-0.2, 0) is 0 Å². The van der Waals surface area contributed by atoms with Crippen LogP contribution in [-0.4, -0.2) is 45.7 Å². The van der Waals surface area contributed by atoms with E-state index in [2.05, 4.69) is 5.10 Å². The molecule has 2 heterocycles. The van der Waals surface area contributed by atoms with Crippen molar-refractivity contribution in [1.82, 2.24) is 14.7 Å². The van der Waals surface area contributed by atoms with Gasteiger partial charge in [0, 0.05) is 30.8 Å². The highest BCUT2D eigenvalue weighted by atomic mass is 16.6. The fraction of sp³-hybridized carbons (Fsp3) is 0.273. The van der Waals surface area contributed by atoms with Crippen LogP contribution in [0.15, 0.2) is 54.6 Å². The summed E-state index contributed by atoms with van der Waals surface area (Å²) in [5.74, 6) is 0.651. The number of amides is 1. The molecule has 0 bridgehead atoms. The molecule has 8 nitrogen and oxygen atoms in total. The van der Waals surface area contributed by atoms with Gasteiger partial charge in [-0.3, -0.25) is 14.9 Å². The molecular formula is C22H22N4O4. The summed E-state index contributed by atoms with van der Waals surface area (Å²) in [5, 5.41) is 15.6. The number of methoxy groups -OCH3 is 1. The van der Waals surface area contributed by atoms with Crippen molar-refractivity contribution in [2.24, 2.45) is 0 Å². The van der Waals surface area contributed by atoms with Crippen LogP contribution in [0.4, 0.5) is 5.69 Å². The first-order valence-corrected chi connectivity index (χ1v) is 9.85. The molecule has 0 N–H and O–H groups in total. The smallest absolute Gasteiger partial charge is 0.272 e. The Hall–Kier alpha value is -3.68. The van der Waals surface area contributed by atoms with Crippen molar-refractivity contribution in [2.45, 2.75) is 19.3 Å². The van der Waals surface area contributed by atoms with E-state index in [1.165, 1.54) is 12.1 Å². The van der Waals surface area contributed by atoms with E-state index in [9.17, 15) is 14.9 Å². The van der Waals surface area contributed by atoms with Gasteiger partial charge in [0.25, 0.3) is 11.6 Å². The third-order valence-corrected chi connectivity index (χ3v) is 5.26. The van der Waals surface area contributed by atoms with Gasteiger partial charge < -0.3 is 9.64 Å². The predicted molar refractivity (Wildman–Crippen MR) is 112 cm³/mol. The largest absolute Gasteiger partial charge is 0.497 e. The van der Waals surface area contributed by atoms with E-state index in [4.69, 9.17) is 4.74 Å². The Morgan fingerprint density at radius 1 is 1.03 bits per heavy atom. The quantitative estimate of drug-likeness (QED) is 0.470. The molecular weight excluding hydrogens is 384 g/mol. The minimum Gasteiger partial charge on any atom is -0.497 e. The van der Waals surface area contributed by atoms with Gasteiger partial charge in [0.05, 0.1) is 23.4 Å². The maximum Gasteiger partial charge on any atom is 0.272 e. The minimum absolute atomic E-state index is 0.00908. The molecule has 0 spiro atoms. The van der Waals surface area contributed by atoms with Crippen LogP contribution in [0.2, 0.25) is 0 Å². The number of hydrogen-bond acceptors (Lipinski definition) is 5. The average Bonchev–Trinajstić information content (AvgIpc) is 3.24. The van der Waals surface area contributed by atoms with E-state index in [-0.39, 0.29) is 11.6 Å². The predicted octanol–water partition coefficient (Wildman–Crippen LogP) is 4.08. The van der Waals surface area contributed by atoms with E-state index in [1.807, 2.05) is 29.2 Å². The SMILES string of the molecule is COc1ccc(-c2cc(C(=O)N3CCCCC3)n(-c3ccc([N+](=O)[O-])cc3)n2)cc1. The number of aromatic nitrogens is 2. The standard InChI is InChI=1S/C22H22N4O4/c1-30-19-11-5-16(6-12-19)20-15-21(22(27)24-13-3-2-4-14-24)25(23-20)17-7-9-18(10-8-17)26(28)29/h5-12,15H,2-4,13-14H2,1H3. The van der Waals surface area contributed by atoms with Crippen LogP contribution in [0.3, 0.4) is 0 Å². The lowest BCUT2D eigenvalue weighted by molar-refractivity contribution is -0.384.